The average Bonchev–Trinajstić information content (AvgIpc) is 2.99. The van der Waals surface area contributed by atoms with Gasteiger partial charge in [0, 0.05) is 42.2 Å². The molecule has 1 atom stereocenters. The molecule has 2 aromatic rings. The van der Waals surface area contributed by atoms with E-state index in [1.54, 1.807) is 34.9 Å². The van der Waals surface area contributed by atoms with Crippen molar-refractivity contribution in [3.8, 4) is 0 Å². The highest BCUT2D eigenvalue weighted by Crippen LogP contribution is 2.32. The maximum absolute atomic E-state index is 12.4. The number of benzene rings is 1. The fraction of sp³-hybridized carbons (Fsp3) is 0.368. The molecule has 7 nitrogen and oxygen atoms in total. The average molecular weight is 386 g/mol. The smallest absolute Gasteiger partial charge is 0.254 e. The highest BCUT2D eigenvalue weighted by atomic mass is 32.2. The minimum absolute atomic E-state index is 0.0917. The van der Waals surface area contributed by atoms with Crippen molar-refractivity contribution >= 4 is 35.0 Å². The molecule has 27 heavy (non-hydrogen) atoms. The summed E-state index contributed by atoms with van der Waals surface area (Å²) < 4.78 is 1.63. The molecule has 0 bridgehead atoms. The van der Waals surface area contributed by atoms with Gasteiger partial charge in [-0.2, -0.15) is 0 Å². The van der Waals surface area contributed by atoms with Crippen LogP contribution >= 0.6 is 11.8 Å². The number of nitrogens with zero attached hydrogens (tertiary/aromatic N) is 2. The van der Waals surface area contributed by atoms with Gasteiger partial charge in [-0.15, -0.1) is 0 Å². The Morgan fingerprint density at radius 2 is 1.89 bits per heavy atom. The quantitative estimate of drug-likeness (QED) is 0.745. The number of anilines is 2. The van der Waals surface area contributed by atoms with Crippen molar-refractivity contribution in [2.24, 2.45) is 0 Å². The number of aryl methyl sites for hydroxylation is 1. The van der Waals surface area contributed by atoms with Crippen molar-refractivity contribution in [3.05, 3.63) is 46.4 Å². The van der Waals surface area contributed by atoms with E-state index in [4.69, 9.17) is 0 Å². The molecule has 1 aromatic heterocycles. The van der Waals surface area contributed by atoms with Crippen LogP contribution in [0.3, 0.4) is 0 Å². The number of hydrogen-bond donors (Lipinski definition) is 2. The van der Waals surface area contributed by atoms with E-state index in [9.17, 15) is 14.4 Å². The summed E-state index contributed by atoms with van der Waals surface area (Å²) in [5.74, 6) is 0.350. The van der Waals surface area contributed by atoms with E-state index in [1.807, 2.05) is 0 Å². The van der Waals surface area contributed by atoms with Gasteiger partial charge in [-0.05, 0) is 30.7 Å². The first-order valence-corrected chi connectivity index (χ1v) is 9.87. The molecule has 142 valence electrons. The lowest BCUT2D eigenvalue weighted by Gasteiger charge is -2.14. The van der Waals surface area contributed by atoms with Gasteiger partial charge in [-0.3, -0.25) is 19.0 Å². The molecule has 3 rings (SSSR count). The third-order valence-corrected chi connectivity index (χ3v) is 5.26. The summed E-state index contributed by atoms with van der Waals surface area (Å²) >= 11 is 1.52. The number of fused-ring (bicyclic) bond motifs is 1. The Bertz CT molecular complexity index is 908. The molecule has 0 spiro atoms. The number of hydrogen-bond acceptors (Lipinski definition) is 5. The number of nitrogens with one attached hydrogen (secondary N) is 2. The van der Waals surface area contributed by atoms with E-state index < -0.39 is 0 Å². The van der Waals surface area contributed by atoms with Crippen molar-refractivity contribution in [2.75, 3.05) is 16.4 Å². The van der Waals surface area contributed by atoms with Gasteiger partial charge in [-0.25, -0.2) is 4.98 Å². The van der Waals surface area contributed by atoms with E-state index in [0.29, 0.717) is 22.3 Å². The summed E-state index contributed by atoms with van der Waals surface area (Å²) in [7, 11) is 0. The molecule has 0 radical (unpaired) electrons. The lowest BCUT2D eigenvalue weighted by Crippen LogP contribution is -2.27. The topological polar surface area (TPSA) is 93.1 Å². The van der Waals surface area contributed by atoms with E-state index in [1.165, 1.54) is 18.7 Å². The zero-order valence-electron chi connectivity index (χ0n) is 15.3. The van der Waals surface area contributed by atoms with Gasteiger partial charge < -0.3 is 10.6 Å². The summed E-state index contributed by atoms with van der Waals surface area (Å²) in [5, 5.41) is 6.21. The first kappa shape index (κ1) is 19.2. The summed E-state index contributed by atoms with van der Waals surface area (Å²) in [6.07, 6.45) is 1.93. The SMILES string of the molecule is CCCc1cc(=O)n2c(n1)SCC2CC(=O)Nc1ccc(NC(C)=O)cc1. The number of thioether (sulfide) groups is 1. The normalized spacial score (nSPS) is 15.3. The standard InChI is InChI=1S/C19H22N4O3S/c1-3-4-15-9-18(26)23-16(11-27-19(23)22-15)10-17(25)21-14-7-5-13(6-8-14)20-12(2)24/h5-9,16H,3-4,10-11H2,1-2H3,(H,20,24)(H,21,25). The summed E-state index contributed by atoms with van der Waals surface area (Å²) in [6, 6.07) is 8.28. The van der Waals surface area contributed by atoms with Crippen molar-refractivity contribution in [3.63, 3.8) is 0 Å². The molecule has 1 aliphatic rings. The van der Waals surface area contributed by atoms with Gasteiger partial charge in [0.25, 0.3) is 5.56 Å². The summed E-state index contributed by atoms with van der Waals surface area (Å²) in [5.41, 5.74) is 2.03. The lowest BCUT2D eigenvalue weighted by atomic mass is 10.2. The van der Waals surface area contributed by atoms with E-state index in [0.717, 1.165) is 18.5 Å². The molecule has 0 saturated heterocycles. The minimum Gasteiger partial charge on any atom is -0.326 e. The Balaban J connectivity index is 1.65. The van der Waals surface area contributed by atoms with Crippen LogP contribution in [0.15, 0.2) is 40.3 Å². The van der Waals surface area contributed by atoms with Crippen LogP contribution in [0.1, 0.15) is 38.4 Å². The number of carbonyl (C=O) groups is 2. The van der Waals surface area contributed by atoms with Crippen LogP contribution in [-0.4, -0.2) is 27.1 Å². The Hall–Kier alpha value is -2.61. The van der Waals surface area contributed by atoms with Crippen LogP contribution < -0.4 is 16.2 Å². The van der Waals surface area contributed by atoms with Gasteiger partial charge in [0.05, 0.1) is 6.04 Å². The van der Waals surface area contributed by atoms with E-state index in [2.05, 4.69) is 22.5 Å². The van der Waals surface area contributed by atoms with Crippen LogP contribution in [0.25, 0.3) is 0 Å². The maximum Gasteiger partial charge on any atom is 0.254 e. The Morgan fingerprint density at radius 3 is 2.52 bits per heavy atom. The molecule has 8 heteroatoms. The second-order valence-corrected chi connectivity index (χ2v) is 7.45. The predicted molar refractivity (Wildman–Crippen MR) is 106 cm³/mol. The molecule has 0 aliphatic carbocycles. The molecule has 2 amide bonds. The zero-order valence-corrected chi connectivity index (χ0v) is 16.1. The van der Waals surface area contributed by atoms with Gasteiger partial charge in [0.1, 0.15) is 0 Å². The Labute approximate surface area is 161 Å². The third kappa shape index (κ3) is 4.77. The van der Waals surface area contributed by atoms with Crippen molar-refractivity contribution in [1.29, 1.82) is 0 Å². The molecule has 2 N–H and O–H groups in total. The predicted octanol–water partition coefficient (Wildman–Crippen LogP) is 2.83. The Morgan fingerprint density at radius 1 is 1.22 bits per heavy atom. The minimum atomic E-state index is -0.195. The second-order valence-electron chi connectivity index (χ2n) is 6.46. The number of amides is 2. The third-order valence-electron chi connectivity index (χ3n) is 4.16. The molecule has 0 fully saturated rings. The van der Waals surface area contributed by atoms with Gasteiger partial charge in [0.2, 0.25) is 11.8 Å². The second kappa shape index (κ2) is 8.39. The van der Waals surface area contributed by atoms with Gasteiger partial charge in [-0.1, -0.05) is 25.1 Å². The van der Waals surface area contributed by atoms with Crippen molar-refractivity contribution < 1.29 is 9.59 Å². The fourth-order valence-electron chi connectivity index (χ4n) is 3.00. The van der Waals surface area contributed by atoms with Crippen LogP contribution in [0, 0.1) is 0 Å². The van der Waals surface area contributed by atoms with Gasteiger partial charge in [0.15, 0.2) is 5.16 Å². The van der Waals surface area contributed by atoms with Crippen LogP contribution in [0.4, 0.5) is 11.4 Å². The number of aromatic nitrogens is 2. The van der Waals surface area contributed by atoms with Crippen molar-refractivity contribution in [2.45, 2.75) is 44.3 Å². The first-order chi connectivity index (χ1) is 13.0. The van der Waals surface area contributed by atoms with Gasteiger partial charge >= 0.3 is 0 Å². The summed E-state index contributed by atoms with van der Waals surface area (Å²) in [6.45, 7) is 3.49. The molecular formula is C19H22N4O3S. The number of carbonyl (C=O) groups excluding carboxylic acids is 2. The largest absolute Gasteiger partial charge is 0.326 e. The van der Waals surface area contributed by atoms with Crippen LogP contribution in [0.5, 0.6) is 0 Å². The zero-order chi connectivity index (χ0) is 19.4. The maximum atomic E-state index is 12.4. The molecule has 0 saturated carbocycles. The first-order valence-electron chi connectivity index (χ1n) is 8.89. The highest BCUT2D eigenvalue weighted by Gasteiger charge is 2.27. The van der Waals surface area contributed by atoms with Crippen LogP contribution in [0.2, 0.25) is 0 Å². The monoisotopic (exact) mass is 386 g/mol. The van der Waals surface area contributed by atoms with E-state index >= 15 is 0 Å². The highest BCUT2D eigenvalue weighted by molar-refractivity contribution is 7.99. The van der Waals surface area contributed by atoms with E-state index in [-0.39, 0.29) is 29.8 Å². The molecule has 1 aromatic carbocycles. The molecule has 2 heterocycles. The lowest BCUT2D eigenvalue weighted by molar-refractivity contribution is -0.117. The van der Waals surface area contributed by atoms with Crippen molar-refractivity contribution in [1.82, 2.24) is 9.55 Å². The Kier molecular flexibility index (Phi) is 5.95. The fourth-order valence-corrected chi connectivity index (χ4v) is 4.17. The number of rotatable bonds is 6. The molecule has 1 unspecified atom stereocenters. The van der Waals surface area contributed by atoms with Crippen LogP contribution in [-0.2, 0) is 16.0 Å². The molecular weight excluding hydrogens is 364 g/mol. The molecule has 1 aliphatic heterocycles. The summed E-state index contributed by atoms with van der Waals surface area (Å²) in [4.78, 5) is 40.4.